The number of carbonyl (C=O) groups excluding carboxylic acids is 2. The first-order valence-electron chi connectivity index (χ1n) is 8.80. The third kappa shape index (κ3) is 5.35. The van der Waals surface area contributed by atoms with Crippen LogP contribution in [-0.2, 0) is 14.3 Å². The molecule has 1 aliphatic heterocycles. The lowest BCUT2D eigenvalue weighted by Gasteiger charge is -2.23. The summed E-state index contributed by atoms with van der Waals surface area (Å²) in [5.74, 6) is -0.319. The zero-order valence-corrected chi connectivity index (χ0v) is 15.2. The molecule has 0 spiro atoms. The van der Waals surface area contributed by atoms with Gasteiger partial charge in [-0.25, -0.2) is 4.79 Å². The minimum atomic E-state index is -0.909. The first kappa shape index (κ1) is 19.5. The predicted molar refractivity (Wildman–Crippen MR) is 97.2 cm³/mol. The van der Waals surface area contributed by atoms with Crippen molar-refractivity contribution in [2.75, 3.05) is 20.2 Å². The van der Waals surface area contributed by atoms with E-state index in [1.54, 1.807) is 43.2 Å². The summed E-state index contributed by atoms with van der Waals surface area (Å²) in [4.78, 5) is 26.5. The van der Waals surface area contributed by atoms with E-state index in [9.17, 15) is 14.9 Å². The summed E-state index contributed by atoms with van der Waals surface area (Å²) in [5, 5.41) is 9.26. The Hall–Kier alpha value is -2.81. The molecule has 6 heteroatoms. The first-order chi connectivity index (χ1) is 12.5. The van der Waals surface area contributed by atoms with Gasteiger partial charge in [0.2, 0.25) is 0 Å². The molecule has 0 N–H and O–H groups in total. The van der Waals surface area contributed by atoms with Crippen LogP contribution >= 0.6 is 0 Å². The Morgan fingerprint density at radius 2 is 1.77 bits per heavy atom. The van der Waals surface area contributed by atoms with Gasteiger partial charge in [-0.1, -0.05) is 25.0 Å². The SMILES string of the molecule is COc1ccc(/C=C(\C#N)C(=O)OC(C)C(=O)N2CCCCCC2)cc1. The van der Waals surface area contributed by atoms with Gasteiger partial charge in [0.1, 0.15) is 17.4 Å². The Balaban J connectivity index is 2.01. The van der Waals surface area contributed by atoms with E-state index in [0.29, 0.717) is 24.4 Å². The van der Waals surface area contributed by atoms with Crippen LogP contribution < -0.4 is 4.74 Å². The van der Waals surface area contributed by atoms with Gasteiger partial charge in [-0.15, -0.1) is 0 Å². The lowest BCUT2D eigenvalue weighted by atomic mass is 10.1. The van der Waals surface area contributed by atoms with Gasteiger partial charge in [-0.3, -0.25) is 4.79 Å². The first-order valence-corrected chi connectivity index (χ1v) is 8.80. The molecule has 6 nitrogen and oxygen atoms in total. The molecule has 1 amide bonds. The van der Waals surface area contributed by atoms with Crippen LogP contribution in [0, 0.1) is 11.3 Å². The second kappa shape index (κ2) is 9.62. The number of hydrogen-bond donors (Lipinski definition) is 0. The fourth-order valence-corrected chi connectivity index (χ4v) is 2.83. The van der Waals surface area contributed by atoms with Gasteiger partial charge in [-0.2, -0.15) is 5.26 Å². The molecule has 26 heavy (non-hydrogen) atoms. The van der Waals surface area contributed by atoms with Crippen LogP contribution in [0.25, 0.3) is 6.08 Å². The molecule has 1 heterocycles. The van der Waals surface area contributed by atoms with Crippen molar-refractivity contribution in [1.82, 2.24) is 4.90 Å². The lowest BCUT2D eigenvalue weighted by molar-refractivity contribution is -0.155. The van der Waals surface area contributed by atoms with Gasteiger partial charge < -0.3 is 14.4 Å². The normalized spacial score (nSPS) is 16.2. The summed E-state index contributed by atoms with van der Waals surface area (Å²) in [6, 6.07) is 8.77. The number of benzene rings is 1. The van der Waals surface area contributed by atoms with Crippen LogP contribution in [0.5, 0.6) is 5.75 Å². The van der Waals surface area contributed by atoms with E-state index in [2.05, 4.69) is 0 Å². The number of nitriles is 1. The number of ether oxygens (including phenoxy) is 2. The second-order valence-electron chi connectivity index (χ2n) is 6.23. The molecular weight excluding hydrogens is 332 g/mol. The molecule has 0 radical (unpaired) electrons. The molecular formula is C20H24N2O4. The Bertz CT molecular complexity index is 696. The zero-order valence-electron chi connectivity index (χ0n) is 15.2. The number of rotatable bonds is 5. The van der Waals surface area contributed by atoms with Crippen LogP contribution in [0.4, 0.5) is 0 Å². The Kier molecular flexibility index (Phi) is 7.22. The molecule has 2 rings (SSSR count). The van der Waals surface area contributed by atoms with E-state index >= 15 is 0 Å². The van der Waals surface area contributed by atoms with Crippen molar-refractivity contribution in [3.8, 4) is 11.8 Å². The van der Waals surface area contributed by atoms with Crippen molar-refractivity contribution in [1.29, 1.82) is 5.26 Å². The molecule has 1 saturated heterocycles. The van der Waals surface area contributed by atoms with E-state index in [-0.39, 0.29) is 11.5 Å². The largest absolute Gasteiger partial charge is 0.497 e. The minimum Gasteiger partial charge on any atom is -0.497 e. The summed E-state index contributed by atoms with van der Waals surface area (Å²) in [6.45, 7) is 2.93. The van der Waals surface area contributed by atoms with Crippen molar-refractivity contribution < 1.29 is 19.1 Å². The summed E-state index contributed by atoms with van der Waals surface area (Å²) < 4.78 is 10.3. The molecule has 0 bridgehead atoms. The van der Waals surface area contributed by atoms with E-state index in [1.165, 1.54) is 6.08 Å². The fraction of sp³-hybridized carbons (Fsp3) is 0.450. The molecule has 1 atom stereocenters. The van der Waals surface area contributed by atoms with Crippen molar-refractivity contribution in [2.45, 2.75) is 38.7 Å². The third-order valence-electron chi connectivity index (χ3n) is 4.32. The monoisotopic (exact) mass is 356 g/mol. The zero-order chi connectivity index (χ0) is 18.9. The van der Waals surface area contributed by atoms with E-state index in [0.717, 1.165) is 25.7 Å². The van der Waals surface area contributed by atoms with Crippen molar-refractivity contribution >= 4 is 18.0 Å². The summed E-state index contributed by atoms with van der Waals surface area (Å²) >= 11 is 0. The Labute approximate surface area is 154 Å². The number of hydrogen-bond acceptors (Lipinski definition) is 5. The van der Waals surface area contributed by atoms with Crippen molar-refractivity contribution in [3.63, 3.8) is 0 Å². The number of methoxy groups -OCH3 is 1. The molecule has 1 unspecified atom stereocenters. The highest BCUT2D eigenvalue weighted by Crippen LogP contribution is 2.16. The molecule has 138 valence electrons. The lowest BCUT2D eigenvalue weighted by Crippen LogP contribution is -2.40. The van der Waals surface area contributed by atoms with Crippen molar-refractivity contribution in [3.05, 3.63) is 35.4 Å². The Morgan fingerprint density at radius 3 is 2.31 bits per heavy atom. The van der Waals surface area contributed by atoms with Crippen LogP contribution in [0.2, 0.25) is 0 Å². The number of carbonyl (C=O) groups is 2. The van der Waals surface area contributed by atoms with Crippen LogP contribution in [0.1, 0.15) is 38.2 Å². The molecule has 1 aromatic carbocycles. The highest BCUT2D eigenvalue weighted by molar-refractivity contribution is 5.99. The summed E-state index contributed by atoms with van der Waals surface area (Å²) in [7, 11) is 1.56. The van der Waals surface area contributed by atoms with Gasteiger partial charge in [0.15, 0.2) is 6.10 Å². The topological polar surface area (TPSA) is 79.6 Å². The fourth-order valence-electron chi connectivity index (χ4n) is 2.83. The molecule has 1 aliphatic rings. The van der Waals surface area contributed by atoms with Gasteiger partial charge in [0.25, 0.3) is 5.91 Å². The highest BCUT2D eigenvalue weighted by atomic mass is 16.5. The van der Waals surface area contributed by atoms with Crippen LogP contribution in [0.15, 0.2) is 29.8 Å². The average Bonchev–Trinajstić information content (AvgIpc) is 2.95. The number of nitrogens with zero attached hydrogens (tertiary/aromatic N) is 2. The van der Waals surface area contributed by atoms with Crippen LogP contribution in [-0.4, -0.2) is 43.1 Å². The standard InChI is InChI=1S/C20H24N2O4/c1-15(19(23)22-11-5-3-4-6-12-22)26-20(24)17(14-21)13-16-7-9-18(25-2)10-8-16/h7-10,13,15H,3-6,11-12H2,1-2H3/b17-13+. The van der Waals surface area contributed by atoms with E-state index < -0.39 is 12.1 Å². The van der Waals surface area contributed by atoms with Gasteiger partial charge in [0, 0.05) is 13.1 Å². The van der Waals surface area contributed by atoms with Crippen LogP contribution in [0.3, 0.4) is 0 Å². The average molecular weight is 356 g/mol. The maximum atomic E-state index is 12.5. The van der Waals surface area contributed by atoms with Crippen molar-refractivity contribution in [2.24, 2.45) is 0 Å². The maximum Gasteiger partial charge on any atom is 0.349 e. The molecule has 1 aromatic rings. The third-order valence-corrected chi connectivity index (χ3v) is 4.32. The van der Waals surface area contributed by atoms with E-state index in [1.807, 2.05) is 6.07 Å². The minimum absolute atomic E-state index is 0.148. The molecule has 1 fully saturated rings. The maximum absolute atomic E-state index is 12.5. The van der Waals surface area contributed by atoms with Gasteiger partial charge in [0.05, 0.1) is 7.11 Å². The van der Waals surface area contributed by atoms with Gasteiger partial charge >= 0.3 is 5.97 Å². The van der Waals surface area contributed by atoms with E-state index in [4.69, 9.17) is 9.47 Å². The number of likely N-dealkylation sites (tertiary alicyclic amines) is 1. The smallest absolute Gasteiger partial charge is 0.349 e. The quantitative estimate of drug-likeness (QED) is 0.460. The molecule has 0 saturated carbocycles. The molecule has 0 aromatic heterocycles. The van der Waals surface area contributed by atoms with Gasteiger partial charge in [-0.05, 0) is 43.5 Å². The Morgan fingerprint density at radius 1 is 1.15 bits per heavy atom. The predicted octanol–water partition coefficient (Wildman–Crippen LogP) is 2.94. The highest BCUT2D eigenvalue weighted by Gasteiger charge is 2.25. The summed E-state index contributed by atoms with van der Waals surface area (Å²) in [6.07, 6.45) is 4.68. The molecule has 0 aliphatic carbocycles. The number of amides is 1. The second-order valence-corrected chi connectivity index (χ2v) is 6.23. The summed E-state index contributed by atoms with van der Waals surface area (Å²) in [5.41, 5.74) is 0.525. The number of esters is 1.